The van der Waals surface area contributed by atoms with Gasteiger partial charge in [0.25, 0.3) is 0 Å². The first-order chi connectivity index (χ1) is 19.5. The molecule has 0 saturated carbocycles. The highest BCUT2D eigenvalue weighted by Crippen LogP contribution is 2.43. The van der Waals surface area contributed by atoms with Crippen molar-refractivity contribution in [3.63, 3.8) is 0 Å². The van der Waals surface area contributed by atoms with Gasteiger partial charge in [-0.15, -0.1) is 0 Å². The number of carbonyl (C=O) groups is 1. The highest BCUT2D eigenvalue weighted by Gasteiger charge is 2.27. The van der Waals surface area contributed by atoms with Gasteiger partial charge in [0, 0.05) is 6.42 Å². The van der Waals surface area contributed by atoms with Crippen LogP contribution in [0.5, 0.6) is 0 Å². The van der Waals surface area contributed by atoms with Crippen LogP contribution in [-0.4, -0.2) is 73.4 Å². The Morgan fingerprint density at radius 2 is 1.44 bits per heavy atom. The third-order valence-electron chi connectivity index (χ3n) is 6.34. The van der Waals surface area contributed by atoms with E-state index in [0.29, 0.717) is 17.4 Å². The number of phosphoric ester groups is 1. The lowest BCUT2D eigenvalue weighted by Gasteiger charge is -2.25. The fourth-order valence-electron chi connectivity index (χ4n) is 3.76. The van der Waals surface area contributed by atoms with Crippen LogP contribution in [0, 0.1) is 0 Å². The Bertz CT molecular complexity index is 819. The maximum absolute atomic E-state index is 12.6. The van der Waals surface area contributed by atoms with Crippen LogP contribution in [0.4, 0.5) is 0 Å². The Hall–Kier alpha value is -1.54. The van der Waals surface area contributed by atoms with Crippen molar-refractivity contribution >= 4 is 13.7 Å². The Morgan fingerprint density at radius 3 is 2.07 bits per heavy atom. The number of aliphatic hydroxyl groups is 1. The molecule has 0 aliphatic heterocycles. The summed E-state index contributed by atoms with van der Waals surface area (Å²) in [4.78, 5) is 22.7. The molecule has 8 nitrogen and oxygen atoms in total. The fourth-order valence-corrected chi connectivity index (χ4v) is 4.50. The third kappa shape index (κ3) is 27.1. The van der Waals surface area contributed by atoms with Crippen molar-refractivity contribution in [3.8, 4) is 0 Å². The SMILES string of the molecule is C/C=C/CC/C=C/CC/C=C/C(O)C(COP(=O)(O)OCC[N+](C)(C)C)NC(=O)CCCCCC/C=C\CCCC. The minimum atomic E-state index is -4.33. The molecule has 238 valence electrons. The summed E-state index contributed by atoms with van der Waals surface area (Å²) in [6, 6.07) is -0.870. The van der Waals surface area contributed by atoms with Gasteiger partial charge in [0.05, 0.1) is 39.9 Å². The van der Waals surface area contributed by atoms with Crippen LogP contribution in [0.2, 0.25) is 0 Å². The first-order valence-corrected chi connectivity index (χ1v) is 17.0. The molecule has 0 aromatic rings. The summed E-state index contributed by atoms with van der Waals surface area (Å²) >= 11 is 0. The van der Waals surface area contributed by atoms with E-state index in [1.54, 1.807) is 6.08 Å². The molecule has 0 saturated heterocycles. The predicted molar refractivity (Wildman–Crippen MR) is 170 cm³/mol. The number of hydrogen-bond acceptors (Lipinski definition) is 5. The Balaban J connectivity index is 4.76. The molecular weight excluding hydrogens is 539 g/mol. The molecule has 0 aliphatic carbocycles. The molecule has 0 aliphatic rings. The normalized spacial score (nSPS) is 15.8. The van der Waals surface area contributed by atoms with Crippen LogP contribution in [0.1, 0.15) is 97.3 Å². The van der Waals surface area contributed by atoms with Crippen molar-refractivity contribution in [1.29, 1.82) is 0 Å². The van der Waals surface area contributed by atoms with Crippen molar-refractivity contribution in [1.82, 2.24) is 5.32 Å². The van der Waals surface area contributed by atoms with Crippen molar-refractivity contribution in [2.24, 2.45) is 0 Å². The number of nitrogens with one attached hydrogen (secondary N) is 1. The number of hydrogen-bond donors (Lipinski definition) is 3. The molecule has 3 unspecified atom stereocenters. The highest BCUT2D eigenvalue weighted by molar-refractivity contribution is 7.47. The number of aliphatic hydroxyl groups excluding tert-OH is 1. The maximum Gasteiger partial charge on any atom is 0.472 e. The van der Waals surface area contributed by atoms with E-state index in [-0.39, 0.29) is 19.1 Å². The van der Waals surface area contributed by atoms with Crippen LogP contribution in [0.3, 0.4) is 0 Å². The van der Waals surface area contributed by atoms with Crippen molar-refractivity contribution in [2.45, 2.75) is 109 Å². The number of likely N-dealkylation sites (N-methyl/N-ethyl adjacent to an activating group) is 1. The van der Waals surface area contributed by atoms with Gasteiger partial charge in [-0.3, -0.25) is 13.8 Å². The van der Waals surface area contributed by atoms with E-state index in [2.05, 4.69) is 42.6 Å². The number of allylic oxidation sites excluding steroid dienone is 7. The number of phosphoric acid groups is 1. The molecule has 1 amide bonds. The number of quaternary nitrogens is 1. The molecular formula is C32H60N2O6P+. The summed E-state index contributed by atoms with van der Waals surface area (Å²) in [6.45, 7) is 4.44. The summed E-state index contributed by atoms with van der Waals surface area (Å²) in [5.74, 6) is -0.215. The van der Waals surface area contributed by atoms with Crippen LogP contribution >= 0.6 is 7.82 Å². The molecule has 0 bridgehead atoms. The lowest BCUT2D eigenvalue weighted by Crippen LogP contribution is -2.45. The summed E-state index contributed by atoms with van der Waals surface area (Å²) < 4.78 is 23.2. The van der Waals surface area contributed by atoms with Gasteiger partial charge < -0.3 is 19.8 Å². The third-order valence-corrected chi connectivity index (χ3v) is 7.33. The maximum atomic E-state index is 12.6. The van der Waals surface area contributed by atoms with Gasteiger partial charge in [0.1, 0.15) is 13.2 Å². The molecule has 41 heavy (non-hydrogen) atoms. The zero-order valence-corrected chi connectivity index (χ0v) is 27.4. The quantitative estimate of drug-likeness (QED) is 0.0428. The van der Waals surface area contributed by atoms with E-state index in [9.17, 15) is 19.4 Å². The van der Waals surface area contributed by atoms with Crippen molar-refractivity contribution < 1.29 is 32.9 Å². The minimum absolute atomic E-state index is 0.0491. The second-order valence-electron chi connectivity index (χ2n) is 11.5. The van der Waals surface area contributed by atoms with E-state index in [0.717, 1.165) is 64.2 Å². The molecule has 0 heterocycles. The van der Waals surface area contributed by atoms with Crippen LogP contribution in [0.25, 0.3) is 0 Å². The highest BCUT2D eigenvalue weighted by atomic mass is 31.2. The average molecular weight is 600 g/mol. The summed E-state index contributed by atoms with van der Waals surface area (Å²) in [7, 11) is 1.52. The topological polar surface area (TPSA) is 105 Å². The van der Waals surface area contributed by atoms with E-state index >= 15 is 0 Å². The molecule has 0 rings (SSSR count). The van der Waals surface area contributed by atoms with E-state index in [4.69, 9.17) is 9.05 Å². The zero-order valence-electron chi connectivity index (χ0n) is 26.5. The summed E-state index contributed by atoms with van der Waals surface area (Å²) in [5.41, 5.74) is 0. The standard InChI is InChI=1S/C32H59N2O6P/c1-6-8-10-12-14-16-18-20-22-24-26-32(36)33-30(29-40-41(37,38)39-28-27-34(3,4)5)31(35)25-23-21-19-17-15-13-11-9-7-2/h7,9,12,14-15,17,23,25,30-31,35H,6,8,10-11,13,16,18-22,24,26-29H2,1-5H3,(H-,33,36,37,38)/p+1/b9-7+,14-12-,17-15+,25-23+. The van der Waals surface area contributed by atoms with Gasteiger partial charge in [-0.05, 0) is 58.3 Å². The number of amides is 1. The number of nitrogens with zero attached hydrogens (tertiary/aromatic N) is 1. The van der Waals surface area contributed by atoms with Gasteiger partial charge in [-0.25, -0.2) is 4.57 Å². The second kappa shape index (κ2) is 25.0. The number of carbonyl (C=O) groups excluding carboxylic acids is 1. The lowest BCUT2D eigenvalue weighted by molar-refractivity contribution is -0.870. The van der Waals surface area contributed by atoms with Gasteiger partial charge in [-0.2, -0.15) is 0 Å². The van der Waals surface area contributed by atoms with Gasteiger partial charge in [0.2, 0.25) is 5.91 Å². The van der Waals surface area contributed by atoms with Gasteiger partial charge in [0.15, 0.2) is 0 Å². The summed E-state index contributed by atoms with van der Waals surface area (Å²) in [6.07, 6.45) is 27.8. The second-order valence-corrected chi connectivity index (χ2v) is 12.9. The van der Waals surface area contributed by atoms with Crippen LogP contribution in [-0.2, 0) is 18.4 Å². The first kappa shape index (κ1) is 39.5. The van der Waals surface area contributed by atoms with Gasteiger partial charge >= 0.3 is 7.82 Å². The van der Waals surface area contributed by atoms with Gasteiger partial charge in [-0.1, -0.05) is 81.2 Å². The summed E-state index contributed by atoms with van der Waals surface area (Å²) in [5, 5.41) is 13.5. The van der Waals surface area contributed by atoms with E-state index < -0.39 is 20.0 Å². The Kier molecular flexibility index (Phi) is 24.1. The molecule has 9 heteroatoms. The number of unbranched alkanes of at least 4 members (excludes halogenated alkanes) is 8. The van der Waals surface area contributed by atoms with E-state index in [1.165, 1.54) is 12.8 Å². The smallest absolute Gasteiger partial charge is 0.387 e. The zero-order chi connectivity index (χ0) is 30.8. The van der Waals surface area contributed by atoms with Crippen molar-refractivity contribution in [2.75, 3.05) is 40.9 Å². The fraction of sp³-hybridized carbons (Fsp3) is 0.719. The molecule has 0 aromatic carbocycles. The first-order valence-electron chi connectivity index (χ1n) is 15.5. The lowest BCUT2D eigenvalue weighted by atomic mass is 10.1. The molecule has 3 atom stereocenters. The molecule has 3 N–H and O–H groups in total. The monoisotopic (exact) mass is 599 g/mol. The Labute approximate surface area is 250 Å². The number of rotatable bonds is 26. The molecule has 0 aromatic heterocycles. The van der Waals surface area contributed by atoms with Crippen molar-refractivity contribution in [3.05, 3.63) is 48.6 Å². The molecule has 0 fully saturated rings. The predicted octanol–water partition coefficient (Wildman–Crippen LogP) is 7.01. The average Bonchev–Trinajstić information content (AvgIpc) is 2.90. The largest absolute Gasteiger partial charge is 0.472 e. The Morgan fingerprint density at radius 1 is 0.854 bits per heavy atom. The van der Waals surface area contributed by atoms with E-state index in [1.807, 2.05) is 40.2 Å². The molecule has 0 spiro atoms. The molecule has 0 radical (unpaired) electrons. The van der Waals surface area contributed by atoms with Crippen LogP contribution in [0.15, 0.2) is 48.6 Å². The minimum Gasteiger partial charge on any atom is -0.387 e. The van der Waals surface area contributed by atoms with Crippen LogP contribution < -0.4 is 5.32 Å².